The minimum Gasteiger partial charge on any atom is -0.477 e. The van der Waals surface area contributed by atoms with Crippen LogP contribution < -0.4 is 11.2 Å². The van der Waals surface area contributed by atoms with Crippen molar-refractivity contribution in [2.75, 3.05) is 7.11 Å². The molecule has 0 fully saturated rings. The maximum Gasteiger partial charge on any atom is 0.342 e. The Morgan fingerprint density at radius 2 is 2.12 bits per heavy atom. The Bertz CT molecular complexity index is 555. The van der Waals surface area contributed by atoms with Crippen LogP contribution in [0.4, 0.5) is 0 Å². The monoisotopic (exact) mass is 242 g/mol. The van der Waals surface area contributed by atoms with E-state index in [-0.39, 0.29) is 13.0 Å². The van der Waals surface area contributed by atoms with E-state index in [1.54, 1.807) is 0 Å². The molecule has 0 aliphatic heterocycles. The van der Waals surface area contributed by atoms with Gasteiger partial charge in [-0.1, -0.05) is 0 Å². The van der Waals surface area contributed by atoms with Crippen molar-refractivity contribution < 1.29 is 19.4 Å². The summed E-state index contributed by atoms with van der Waals surface area (Å²) in [6.07, 6.45) is 0.800. The number of nitrogens with zero attached hydrogens (tertiary/aromatic N) is 1. The Balaban J connectivity index is 3.04. The Labute approximate surface area is 94.5 Å². The number of hydrogen-bond acceptors (Lipinski definition) is 5. The predicted molar refractivity (Wildman–Crippen MR) is 54.9 cm³/mol. The second-order valence-corrected chi connectivity index (χ2v) is 3.13. The topological polar surface area (TPSA) is 118 Å². The van der Waals surface area contributed by atoms with E-state index in [0.29, 0.717) is 0 Å². The van der Waals surface area contributed by atoms with Gasteiger partial charge in [0, 0.05) is 12.7 Å². The van der Waals surface area contributed by atoms with Gasteiger partial charge >= 0.3 is 17.6 Å². The third-order valence-corrected chi connectivity index (χ3v) is 2.03. The standard InChI is InChI=1S/C9H10N2O6/c1-17-6(12)2-3-11-4-5(8(14)15)7(13)10-9(11)16/h4H,2-3H2,1H3,(H,14,15)(H,10,13,16). The summed E-state index contributed by atoms with van der Waals surface area (Å²) >= 11 is 0. The molecule has 0 unspecified atom stereocenters. The number of esters is 1. The van der Waals surface area contributed by atoms with Crippen LogP contribution in [0.2, 0.25) is 0 Å². The van der Waals surface area contributed by atoms with Crippen LogP contribution in [0.3, 0.4) is 0 Å². The molecule has 0 aromatic carbocycles. The maximum atomic E-state index is 11.3. The molecule has 0 aliphatic carbocycles. The van der Waals surface area contributed by atoms with E-state index >= 15 is 0 Å². The molecule has 8 nitrogen and oxygen atoms in total. The Morgan fingerprint density at radius 3 is 2.65 bits per heavy atom. The lowest BCUT2D eigenvalue weighted by atomic mass is 10.3. The van der Waals surface area contributed by atoms with E-state index in [2.05, 4.69) is 4.74 Å². The lowest BCUT2D eigenvalue weighted by Crippen LogP contribution is -2.33. The molecule has 0 saturated heterocycles. The van der Waals surface area contributed by atoms with Gasteiger partial charge in [-0.25, -0.2) is 9.59 Å². The van der Waals surface area contributed by atoms with Crippen LogP contribution in [0.25, 0.3) is 0 Å². The van der Waals surface area contributed by atoms with Gasteiger partial charge in [-0.2, -0.15) is 0 Å². The van der Waals surface area contributed by atoms with Crippen LogP contribution in [-0.2, 0) is 16.1 Å². The number of hydrogen-bond donors (Lipinski definition) is 2. The fourth-order valence-electron chi connectivity index (χ4n) is 1.14. The third kappa shape index (κ3) is 3.03. The summed E-state index contributed by atoms with van der Waals surface area (Å²) in [6, 6.07) is 0. The van der Waals surface area contributed by atoms with Crippen LogP contribution in [0.15, 0.2) is 15.8 Å². The summed E-state index contributed by atoms with van der Waals surface area (Å²) in [5.41, 5.74) is -2.31. The quantitative estimate of drug-likeness (QED) is 0.640. The van der Waals surface area contributed by atoms with Gasteiger partial charge < -0.3 is 9.84 Å². The summed E-state index contributed by atoms with van der Waals surface area (Å²) in [5.74, 6) is -1.99. The number of aryl methyl sites for hydroxylation is 1. The second kappa shape index (κ2) is 5.10. The highest BCUT2D eigenvalue weighted by Crippen LogP contribution is 1.92. The smallest absolute Gasteiger partial charge is 0.342 e. The molecule has 1 rings (SSSR count). The number of ether oxygens (including phenoxy) is 1. The van der Waals surface area contributed by atoms with E-state index in [1.165, 1.54) is 7.11 Å². The molecule has 0 saturated carbocycles. The summed E-state index contributed by atoms with van der Waals surface area (Å²) in [7, 11) is 1.20. The molecule has 1 aromatic rings. The summed E-state index contributed by atoms with van der Waals surface area (Å²) in [5, 5.41) is 8.68. The van der Waals surface area contributed by atoms with Gasteiger partial charge in [-0.15, -0.1) is 0 Å². The maximum absolute atomic E-state index is 11.3. The number of nitrogens with one attached hydrogen (secondary N) is 1. The first-order chi connectivity index (χ1) is 7.95. The highest BCUT2D eigenvalue weighted by molar-refractivity contribution is 5.86. The Kier molecular flexibility index (Phi) is 3.81. The van der Waals surface area contributed by atoms with Crippen molar-refractivity contribution in [3.63, 3.8) is 0 Å². The Hall–Kier alpha value is -2.38. The highest BCUT2D eigenvalue weighted by atomic mass is 16.5. The summed E-state index contributed by atoms with van der Waals surface area (Å²) in [6.45, 7) is -0.0669. The first-order valence-corrected chi connectivity index (χ1v) is 4.59. The fourth-order valence-corrected chi connectivity index (χ4v) is 1.14. The van der Waals surface area contributed by atoms with Crippen molar-refractivity contribution in [2.45, 2.75) is 13.0 Å². The van der Waals surface area contributed by atoms with Crippen LogP contribution >= 0.6 is 0 Å². The zero-order valence-corrected chi connectivity index (χ0v) is 8.93. The number of carbonyl (C=O) groups is 2. The average molecular weight is 242 g/mol. The molecule has 0 bridgehead atoms. The molecule has 0 atom stereocenters. The zero-order chi connectivity index (χ0) is 13.0. The molecule has 1 aromatic heterocycles. The Morgan fingerprint density at radius 1 is 1.47 bits per heavy atom. The van der Waals surface area contributed by atoms with Gasteiger partial charge in [0.15, 0.2) is 0 Å². The SMILES string of the molecule is COC(=O)CCn1cc(C(=O)O)c(=O)[nH]c1=O. The van der Waals surface area contributed by atoms with Gasteiger partial charge in [-0.05, 0) is 0 Å². The van der Waals surface area contributed by atoms with E-state index in [1.807, 2.05) is 4.98 Å². The first-order valence-electron chi connectivity index (χ1n) is 4.59. The molecular formula is C9H10N2O6. The van der Waals surface area contributed by atoms with E-state index in [0.717, 1.165) is 10.8 Å². The van der Waals surface area contributed by atoms with Crippen molar-refractivity contribution in [1.29, 1.82) is 0 Å². The van der Waals surface area contributed by atoms with Crippen molar-refractivity contribution >= 4 is 11.9 Å². The van der Waals surface area contributed by atoms with Crippen molar-refractivity contribution in [1.82, 2.24) is 9.55 Å². The molecule has 0 radical (unpaired) electrons. The van der Waals surface area contributed by atoms with Gasteiger partial charge in [0.05, 0.1) is 13.5 Å². The predicted octanol–water partition coefficient (Wildman–Crippen LogP) is -1.20. The van der Waals surface area contributed by atoms with Crippen LogP contribution in [0, 0.1) is 0 Å². The number of carboxylic acids is 1. The average Bonchev–Trinajstić information content (AvgIpc) is 2.26. The summed E-state index contributed by atoms with van der Waals surface area (Å²) in [4.78, 5) is 45.7. The molecule has 0 aliphatic rings. The van der Waals surface area contributed by atoms with Gasteiger partial charge in [0.25, 0.3) is 5.56 Å². The number of carboxylic acid groups (broad SMARTS) is 1. The van der Waals surface area contributed by atoms with Gasteiger partial charge in [0.1, 0.15) is 5.56 Å². The van der Waals surface area contributed by atoms with Gasteiger partial charge in [-0.3, -0.25) is 19.1 Å². The minimum atomic E-state index is -1.45. The van der Waals surface area contributed by atoms with Crippen LogP contribution in [0.5, 0.6) is 0 Å². The van der Waals surface area contributed by atoms with Crippen molar-refractivity contribution in [2.24, 2.45) is 0 Å². The van der Waals surface area contributed by atoms with Crippen LogP contribution in [-0.4, -0.2) is 33.7 Å². The van der Waals surface area contributed by atoms with Crippen molar-refractivity contribution in [3.8, 4) is 0 Å². The number of methoxy groups -OCH3 is 1. The lowest BCUT2D eigenvalue weighted by Gasteiger charge is -2.04. The fraction of sp³-hybridized carbons (Fsp3) is 0.333. The van der Waals surface area contributed by atoms with E-state index in [9.17, 15) is 19.2 Å². The van der Waals surface area contributed by atoms with E-state index < -0.39 is 28.8 Å². The second-order valence-electron chi connectivity index (χ2n) is 3.13. The normalized spacial score (nSPS) is 9.94. The largest absolute Gasteiger partial charge is 0.477 e. The molecule has 0 spiro atoms. The number of aromatic nitrogens is 2. The third-order valence-electron chi connectivity index (χ3n) is 2.03. The van der Waals surface area contributed by atoms with E-state index in [4.69, 9.17) is 5.11 Å². The molecule has 17 heavy (non-hydrogen) atoms. The number of carbonyl (C=O) groups excluding carboxylic acids is 1. The first kappa shape index (κ1) is 12.7. The molecule has 8 heteroatoms. The molecule has 2 N–H and O–H groups in total. The number of H-pyrrole nitrogens is 1. The molecular weight excluding hydrogens is 232 g/mol. The van der Waals surface area contributed by atoms with Crippen molar-refractivity contribution in [3.05, 3.63) is 32.6 Å². The van der Waals surface area contributed by atoms with Gasteiger partial charge in [0.2, 0.25) is 0 Å². The number of aromatic carboxylic acids is 1. The highest BCUT2D eigenvalue weighted by Gasteiger charge is 2.12. The lowest BCUT2D eigenvalue weighted by molar-refractivity contribution is -0.140. The zero-order valence-electron chi connectivity index (χ0n) is 8.93. The van der Waals surface area contributed by atoms with Crippen LogP contribution in [0.1, 0.15) is 16.8 Å². The minimum absolute atomic E-state index is 0.0669. The summed E-state index contributed by atoms with van der Waals surface area (Å²) < 4.78 is 5.30. The molecule has 0 amide bonds. The molecule has 1 heterocycles. The number of aromatic amines is 1. The number of rotatable bonds is 4. The molecule has 92 valence electrons.